The van der Waals surface area contributed by atoms with Crippen LogP contribution in [0.4, 0.5) is 5.69 Å². The van der Waals surface area contributed by atoms with E-state index in [-0.39, 0.29) is 23.9 Å². The van der Waals surface area contributed by atoms with Gasteiger partial charge in [0.25, 0.3) is 17.4 Å². The van der Waals surface area contributed by atoms with Crippen molar-refractivity contribution in [2.75, 3.05) is 25.0 Å². The molecule has 6 rings (SSSR count). The summed E-state index contributed by atoms with van der Waals surface area (Å²) < 4.78 is 0. The highest BCUT2D eigenvalue weighted by atomic mass is 16.2. The van der Waals surface area contributed by atoms with E-state index >= 15 is 0 Å². The largest absolute Gasteiger partial charge is 0.385 e. The standard InChI is InChI=1S/C40H45N7O4/c1-5-42-34-21-29(20-31(25(34)4)39(50)43-22-32-23(2)17-24(3)44-40(32)51)28-11-9-26(10-12-28)19-36(48)47-15-13-27(14-16-47)18-35-45-33-8-6-7-30(38(41)49)37(33)46-35/h6-12,17,20-21,27,42H,5,13-16,18-19,22H2,1-4H3,(H2,41,49)(H,43,50)(H,44,51)(H,45,46). The molecule has 3 heterocycles. The first-order valence-electron chi connectivity index (χ1n) is 17.5. The average molecular weight is 688 g/mol. The zero-order valence-corrected chi connectivity index (χ0v) is 29.6. The smallest absolute Gasteiger partial charge is 0.253 e. The Morgan fingerprint density at radius 3 is 2.37 bits per heavy atom. The maximum atomic E-state index is 13.5. The van der Waals surface area contributed by atoms with Crippen molar-refractivity contribution >= 4 is 34.4 Å². The number of nitrogens with one attached hydrogen (secondary N) is 4. The highest BCUT2D eigenvalue weighted by Crippen LogP contribution is 2.30. The molecule has 0 saturated carbocycles. The maximum absolute atomic E-state index is 13.5. The van der Waals surface area contributed by atoms with Gasteiger partial charge >= 0.3 is 0 Å². The molecule has 11 nitrogen and oxygen atoms in total. The minimum absolute atomic E-state index is 0.0995. The van der Waals surface area contributed by atoms with Crippen molar-refractivity contribution in [3.05, 3.63) is 116 Å². The number of hydrogen-bond acceptors (Lipinski definition) is 6. The summed E-state index contributed by atoms with van der Waals surface area (Å²) in [6, 6.07) is 19.1. The Morgan fingerprint density at radius 1 is 0.941 bits per heavy atom. The van der Waals surface area contributed by atoms with Crippen LogP contribution in [0.2, 0.25) is 0 Å². The molecule has 0 aliphatic carbocycles. The monoisotopic (exact) mass is 687 g/mol. The molecule has 51 heavy (non-hydrogen) atoms. The summed E-state index contributed by atoms with van der Waals surface area (Å²) in [6.07, 6.45) is 2.82. The molecule has 2 aromatic heterocycles. The number of rotatable bonds is 11. The van der Waals surface area contributed by atoms with E-state index in [0.29, 0.717) is 54.2 Å². The number of hydrogen-bond donors (Lipinski definition) is 5. The molecule has 264 valence electrons. The third kappa shape index (κ3) is 7.88. The number of amides is 3. The Balaban J connectivity index is 1.08. The van der Waals surface area contributed by atoms with E-state index in [9.17, 15) is 19.2 Å². The van der Waals surface area contributed by atoms with Gasteiger partial charge in [-0.2, -0.15) is 0 Å². The Morgan fingerprint density at radius 2 is 1.69 bits per heavy atom. The number of para-hydroxylation sites is 1. The number of carbonyl (C=O) groups is 3. The van der Waals surface area contributed by atoms with Gasteiger partial charge in [0.15, 0.2) is 0 Å². The minimum Gasteiger partial charge on any atom is -0.385 e. The molecule has 1 saturated heterocycles. The molecule has 5 aromatic rings. The second-order valence-corrected chi connectivity index (χ2v) is 13.5. The molecule has 1 fully saturated rings. The fourth-order valence-corrected chi connectivity index (χ4v) is 7.00. The fraction of sp³-hybridized carbons (Fsp3) is 0.325. The number of piperidine rings is 1. The lowest BCUT2D eigenvalue weighted by Gasteiger charge is -2.31. The molecular weight excluding hydrogens is 642 g/mol. The Bertz CT molecular complexity index is 2160. The van der Waals surface area contributed by atoms with Crippen molar-refractivity contribution in [2.24, 2.45) is 11.7 Å². The lowest BCUT2D eigenvalue weighted by atomic mass is 9.93. The van der Waals surface area contributed by atoms with Gasteiger partial charge in [-0.3, -0.25) is 19.2 Å². The van der Waals surface area contributed by atoms with E-state index in [1.807, 2.05) is 81.1 Å². The second kappa shape index (κ2) is 15.0. The number of aromatic nitrogens is 3. The quantitative estimate of drug-likeness (QED) is 0.126. The zero-order chi connectivity index (χ0) is 36.2. The Labute approximate surface area is 297 Å². The van der Waals surface area contributed by atoms with Gasteiger partial charge in [0.1, 0.15) is 11.3 Å². The molecule has 1 aliphatic heterocycles. The number of likely N-dealkylation sites (tertiary alicyclic amines) is 1. The number of benzene rings is 3. The van der Waals surface area contributed by atoms with Gasteiger partial charge in [-0.25, -0.2) is 4.98 Å². The predicted octanol–water partition coefficient (Wildman–Crippen LogP) is 5.33. The summed E-state index contributed by atoms with van der Waals surface area (Å²) in [4.78, 5) is 63.8. The van der Waals surface area contributed by atoms with Gasteiger partial charge < -0.3 is 31.2 Å². The Hall–Kier alpha value is -5.71. The number of anilines is 1. The lowest BCUT2D eigenvalue weighted by Crippen LogP contribution is -2.39. The highest BCUT2D eigenvalue weighted by Gasteiger charge is 2.24. The number of nitrogens with two attached hydrogens (primary N) is 1. The molecule has 3 aromatic carbocycles. The molecule has 6 N–H and O–H groups in total. The van der Waals surface area contributed by atoms with Crippen LogP contribution in [0.15, 0.2) is 65.5 Å². The normalized spacial score (nSPS) is 13.4. The predicted molar refractivity (Wildman–Crippen MR) is 200 cm³/mol. The number of aryl methyl sites for hydroxylation is 2. The van der Waals surface area contributed by atoms with Crippen LogP contribution in [0.1, 0.15) is 74.3 Å². The van der Waals surface area contributed by atoms with E-state index in [1.54, 1.807) is 12.1 Å². The van der Waals surface area contributed by atoms with Crippen LogP contribution >= 0.6 is 0 Å². The molecular formula is C40H45N7O4. The zero-order valence-electron chi connectivity index (χ0n) is 29.6. The number of aromatic amines is 2. The summed E-state index contributed by atoms with van der Waals surface area (Å²) in [6.45, 7) is 9.82. The number of nitrogens with zero attached hydrogens (tertiary/aromatic N) is 2. The van der Waals surface area contributed by atoms with Crippen LogP contribution in [-0.4, -0.2) is 57.2 Å². The number of pyridine rings is 1. The average Bonchev–Trinajstić information content (AvgIpc) is 3.52. The Kier molecular flexibility index (Phi) is 10.4. The first-order chi connectivity index (χ1) is 24.5. The summed E-state index contributed by atoms with van der Waals surface area (Å²) in [5.41, 5.74) is 14.2. The van der Waals surface area contributed by atoms with E-state index in [0.717, 1.165) is 69.8 Å². The van der Waals surface area contributed by atoms with Crippen molar-refractivity contribution in [1.29, 1.82) is 0 Å². The fourth-order valence-electron chi connectivity index (χ4n) is 7.00. The SMILES string of the molecule is CCNc1cc(-c2ccc(CC(=O)N3CCC(Cc4nc5c(C(N)=O)cccc5[nH]4)CC3)cc2)cc(C(=O)NCc2c(C)cc(C)[nH]c2=O)c1C. The highest BCUT2D eigenvalue weighted by molar-refractivity contribution is 6.04. The van der Waals surface area contributed by atoms with Gasteiger partial charge in [0.2, 0.25) is 5.91 Å². The van der Waals surface area contributed by atoms with Gasteiger partial charge in [0.05, 0.1) is 17.5 Å². The van der Waals surface area contributed by atoms with Gasteiger partial charge in [-0.1, -0.05) is 30.3 Å². The molecule has 3 amide bonds. The van der Waals surface area contributed by atoms with Crippen LogP contribution < -0.4 is 21.9 Å². The number of primary amides is 1. The summed E-state index contributed by atoms with van der Waals surface area (Å²) in [7, 11) is 0. The topological polar surface area (TPSA) is 166 Å². The third-order valence-corrected chi connectivity index (χ3v) is 9.86. The van der Waals surface area contributed by atoms with Gasteiger partial charge in [-0.15, -0.1) is 0 Å². The number of imidazole rings is 1. The number of fused-ring (bicyclic) bond motifs is 1. The van der Waals surface area contributed by atoms with E-state index in [2.05, 4.69) is 25.6 Å². The maximum Gasteiger partial charge on any atom is 0.253 e. The summed E-state index contributed by atoms with van der Waals surface area (Å²) in [5, 5.41) is 6.32. The number of carbonyl (C=O) groups excluding carboxylic acids is 3. The molecule has 0 unspecified atom stereocenters. The van der Waals surface area contributed by atoms with Crippen LogP contribution in [0.5, 0.6) is 0 Å². The molecule has 0 bridgehead atoms. The van der Waals surface area contributed by atoms with Gasteiger partial charge in [0, 0.05) is 55.1 Å². The molecule has 0 spiro atoms. The minimum atomic E-state index is -0.493. The van der Waals surface area contributed by atoms with Crippen molar-refractivity contribution in [3.63, 3.8) is 0 Å². The third-order valence-electron chi connectivity index (χ3n) is 9.86. The van der Waals surface area contributed by atoms with Crippen molar-refractivity contribution in [2.45, 2.75) is 59.9 Å². The lowest BCUT2D eigenvalue weighted by molar-refractivity contribution is -0.131. The van der Waals surface area contributed by atoms with Crippen molar-refractivity contribution < 1.29 is 14.4 Å². The molecule has 0 atom stereocenters. The second-order valence-electron chi connectivity index (χ2n) is 13.5. The number of H-pyrrole nitrogens is 2. The summed E-state index contributed by atoms with van der Waals surface area (Å²) >= 11 is 0. The van der Waals surface area contributed by atoms with Crippen LogP contribution in [0, 0.1) is 26.7 Å². The van der Waals surface area contributed by atoms with Crippen molar-refractivity contribution in [1.82, 2.24) is 25.2 Å². The van der Waals surface area contributed by atoms with Crippen LogP contribution in [-0.2, 0) is 24.2 Å². The first-order valence-corrected chi connectivity index (χ1v) is 17.5. The first kappa shape index (κ1) is 35.1. The van der Waals surface area contributed by atoms with E-state index in [4.69, 9.17) is 5.73 Å². The summed E-state index contributed by atoms with van der Waals surface area (Å²) in [5.74, 6) is 0.564. The van der Waals surface area contributed by atoms with Crippen LogP contribution in [0.25, 0.3) is 22.2 Å². The van der Waals surface area contributed by atoms with Crippen LogP contribution in [0.3, 0.4) is 0 Å². The molecule has 0 radical (unpaired) electrons. The molecule has 1 aliphatic rings. The van der Waals surface area contributed by atoms with E-state index < -0.39 is 5.91 Å². The van der Waals surface area contributed by atoms with E-state index in [1.165, 1.54) is 0 Å². The van der Waals surface area contributed by atoms with Crippen molar-refractivity contribution in [3.8, 4) is 11.1 Å². The van der Waals surface area contributed by atoms with Gasteiger partial charge in [-0.05, 0) is 105 Å². The molecule has 11 heteroatoms.